The van der Waals surface area contributed by atoms with E-state index in [1.54, 1.807) is 12.5 Å². The van der Waals surface area contributed by atoms with E-state index >= 15 is 0 Å². The Bertz CT molecular complexity index is 635. The first kappa shape index (κ1) is 16.5. The lowest BCUT2D eigenvalue weighted by atomic mass is 10.0. The first-order chi connectivity index (χ1) is 10.4. The van der Waals surface area contributed by atoms with Crippen LogP contribution in [0.4, 0.5) is 0 Å². The monoisotopic (exact) mass is 320 g/mol. The number of ether oxygens (including phenoxy) is 1. The van der Waals surface area contributed by atoms with E-state index in [0.29, 0.717) is 12.1 Å². The number of rotatable bonds is 6. The molecule has 0 saturated heterocycles. The highest BCUT2D eigenvalue weighted by Crippen LogP contribution is 2.26. The van der Waals surface area contributed by atoms with Crippen LogP contribution < -0.4 is 10.1 Å². The summed E-state index contributed by atoms with van der Waals surface area (Å²) in [6, 6.07) is 7.55. The standard InChI is InChI=1S/C16H20N2O3S/c1-16(2,8-9-19)18-14(20)13-10-22-15(17-13)11-4-6-12(21-3)7-5-11/h4-7,10,19H,8-9H2,1-3H3,(H,18,20). The fraction of sp³-hybridized carbons (Fsp3) is 0.375. The van der Waals surface area contributed by atoms with Crippen molar-refractivity contribution in [1.29, 1.82) is 0 Å². The molecule has 2 rings (SSSR count). The van der Waals surface area contributed by atoms with E-state index < -0.39 is 5.54 Å². The summed E-state index contributed by atoms with van der Waals surface area (Å²) in [5, 5.41) is 14.4. The van der Waals surface area contributed by atoms with Crippen molar-refractivity contribution in [3.05, 3.63) is 35.3 Å². The number of hydrogen-bond acceptors (Lipinski definition) is 5. The topological polar surface area (TPSA) is 71.5 Å². The van der Waals surface area contributed by atoms with Gasteiger partial charge in [-0.15, -0.1) is 11.3 Å². The summed E-state index contributed by atoms with van der Waals surface area (Å²) >= 11 is 1.42. The van der Waals surface area contributed by atoms with Crippen LogP contribution in [0.2, 0.25) is 0 Å². The molecule has 0 saturated carbocycles. The van der Waals surface area contributed by atoms with Crippen molar-refractivity contribution in [1.82, 2.24) is 10.3 Å². The molecule has 1 heterocycles. The summed E-state index contributed by atoms with van der Waals surface area (Å²) in [6.45, 7) is 3.77. The van der Waals surface area contributed by atoms with Crippen LogP contribution in [0, 0.1) is 0 Å². The third kappa shape index (κ3) is 4.05. The van der Waals surface area contributed by atoms with Gasteiger partial charge in [0.05, 0.1) is 7.11 Å². The van der Waals surface area contributed by atoms with E-state index in [1.165, 1.54) is 11.3 Å². The lowest BCUT2D eigenvalue weighted by molar-refractivity contribution is 0.0895. The van der Waals surface area contributed by atoms with Crippen molar-refractivity contribution in [2.45, 2.75) is 25.8 Å². The molecule has 1 aromatic heterocycles. The molecular weight excluding hydrogens is 300 g/mol. The number of methoxy groups -OCH3 is 1. The quantitative estimate of drug-likeness (QED) is 0.858. The zero-order valence-corrected chi connectivity index (χ0v) is 13.7. The number of aromatic nitrogens is 1. The fourth-order valence-corrected chi connectivity index (χ4v) is 2.76. The van der Waals surface area contributed by atoms with Gasteiger partial charge in [-0.2, -0.15) is 0 Å². The van der Waals surface area contributed by atoms with Gasteiger partial charge in [-0.25, -0.2) is 4.98 Å². The number of nitrogens with zero attached hydrogens (tertiary/aromatic N) is 1. The van der Waals surface area contributed by atoms with Crippen molar-refractivity contribution < 1.29 is 14.6 Å². The molecule has 0 aliphatic carbocycles. The molecule has 0 atom stereocenters. The molecule has 2 aromatic rings. The third-order valence-corrected chi connectivity index (χ3v) is 4.15. The predicted molar refractivity (Wildman–Crippen MR) is 87.4 cm³/mol. The van der Waals surface area contributed by atoms with Crippen molar-refractivity contribution in [2.24, 2.45) is 0 Å². The Morgan fingerprint density at radius 2 is 2.05 bits per heavy atom. The van der Waals surface area contributed by atoms with E-state index in [4.69, 9.17) is 9.84 Å². The summed E-state index contributed by atoms with van der Waals surface area (Å²) in [4.78, 5) is 16.6. The molecule has 0 aliphatic rings. The normalized spacial score (nSPS) is 11.3. The number of hydrogen-bond donors (Lipinski definition) is 2. The van der Waals surface area contributed by atoms with Gasteiger partial charge in [-0.1, -0.05) is 0 Å². The molecule has 0 aliphatic heterocycles. The maximum Gasteiger partial charge on any atom is 0.271 e. The number of aliphatic hydroxyl groups is 1. The number of benzene rings is 1. The van der Waals surface area contributed by atoms with E-state index in [2.05, 4.69) is 10.3 Å². The molecule has 5 nitrogen and oxygen atoms in total. The molecule has 0 bridgehead atoms. The van der Waals surface area contributed by atoms with Gasteiger partial charge in [0.25, 0.3) is 5.91 Å². The molecule has 118 valence electrons. The summed E-state index contributed by atoms with van der Waals surface area (Å²) in [5.41, 5.74) is 0.872. The lowest BCUT2D eigenvalue weighted by Gasteiger charge is -2.24. The smallest absolute Gasteiger partial charge is 0.271 e. The van der Waals surface area contributed by atoms with Crippen molar-refractivity contribution in [3.63, 3.8) is 0 Å². The third-order valence-electron chi connectivity index (χ3n) is 3.26. The minimum atomic E-state index is -0.463. The summed E-state index contributed by atoms with van der Waals surface area (Å²) < 4.78 is 5.12. The highest BCUT2D eigenvalue weighted by molar-refractivity contribution is 7.13. The number of carbonyl (C=O) groups excluding carboxylic acids is 1. The van der Waals surface area contributed by atoms with Crippen LogP contribution in [0.25, 0.3) is 10.6 Å². The first-order valence-electron chi connectivity index (χ1n) is 6.98. The van der Waals surface area contributed by atoms with E-state index in [0.717, 1.165) is 16.3 Å². The first-order valence-corrected chi connectivity index (χ1v) is 7.86. The SMILES string of the molecule is COc1ccc(-c2nc(C(=O)NC(C)(C)CCO)cs2)cc1. The Hall–Kier alpha value is -1.92. The van der Waals surface area contributed by atoms with Crippen LogP contribution in [0.1, 0.15) is 30.8 Å². The van der Waals surface area contributed by atoms with Gasteiger partial charge >= 0.3 is 0 Å². The van der Waals surface area contributed by atoms with Crippen molar-refractivity contribution in [3.8, 4) is 16.3 Å². The Morgan fingerprint density at radius 3 is 2.64 bits per heavy atom. The fourth-order valence-electron chi connectivity index (χ4n) is 1.96. The Morgan fingerprint density at radius 1 is 1.36 bits per heavy atom. The van der Waals surface area contributed by atoms with Crippen LogP contribution in [0.5, 0.6) is 5.75 Å². The van der Waals surface area contributed by atoms with Crippen molar-refractivity contribution >= 4 is 17.2 Å². The number of aliphatic hydroxyl groups excluding tert-OH is 1. The average molecular weight is 320 g/mol. The van der Waals surface area contributed by atoms with Crippen LogP contribution >= 0.6 is 11.3 Å². The molecule has 0 unspecified atom stereocenters. The largest absolute Gasteiger partial charge is 0.497 e. The molecule has 0 spiro atoms. The molecule has 1 aromatic carbocycles. The Labute approximate surface area is 134 Å². The molecule has 6 heteroatoms. The molecule has 1 amide bonds. The van der Waals surface area contributed by atoms with E-state index in [1.807, 2.05) is 38.1 Å². The van der Waals surface area contributed by atoms with Crippen LogP contribution in [-0.2, 0) is 0 Å². The second-order valence-corrected chi connectivity index (χ2v) is 6.44. The summed E-state index contributed by atoms with van der Waals surface area (Å²) in [6.07, 6.45) is 0.494. The molecule has 0 fully saturated rings. The number of carbonyl (C=O) groups is 1. The van der Waals surface area contributed by atoms with Gasteiger partial charge in [-0.3, -0.25) is 4.79 Å². The number of thiazole rings is 1. The summed E-state index contributed by atoms with van der Waals surface area (Å²) in [7, 11) is 1.62. The lowest BCUT2D eigenvalue weighted by Crippen LogP contribution is -2.44. The van der Waals surface area contributed by atoms with Gasteiger partial charge in [0.1, 0.15) is 16.5 Å². The highest BCUT2D eigenvalue weighted by atomic mass is 32.1. The maximum absolute atomic E-state index is 12.2. The van der Waals surface area contributed by atoms with Crippen LogP contribution in [0.15, 0.2) is 29.6 Å². The van der Waals surface area contributed by atoms with Gasteiger partial charge < -0.3 is 15.2 Å². The molecular formula is C16H20N2O3S. The number of amides is 1. The Kier molecular flexibility index (Phi) is 5.15. The van der Waals surface area contributed by atoms with Gasteiger partial charge in [0, 0.05) is 23.1 Å². The van der Waals surface area contributed by atoms with Crippen molar-refractivity contribution in [2.75, 3.05) is 13.7 Å². The highest BCUT2D eigenvalue weighted by Gasteiger charge is 2.22. The van der Waals surface area contributed by atoms with Crippen LogP contribution in [0.3, 0.4) is 0 Å². The van der Waals surface area contributed by atoms with Gasteiger partial charge in [0.15, 0.2) is 0 Å². The van der Waals surface area contributed by atoms with Gasteiger partial charge in [0.2, 0.25) is 0 Å². The van der Waals surface area contributed by atoms with Crippen LogP contribution in [-0.4, -0.2) is 35.3 Å². The second-order valence-electron chi connectivity index (χ2n) is 5.58. The minimum absolute atomic E-state index is 0.0292. The molecule has 0 radical (unpaired) electrons. The van der Waals surface area contributed by atoms with Gasteiger partial charge in [-0.05, 0) is 44.5 Å². The second kappa shape index (κ2) is 6.89. The minimum Gasteiger partial charge on any atom is -0.497 e. The number of nitrogens with one attached hydrogen (secondary N) is 1. The Balaban J connectivity index is 2.11. The molecule has 2 N–H and O–H groups in total. The van der Waals surface area contributed by atoms with E-state index in [9.17, 15) is 4.79 Å². The summed E-state index contributed by atoms with van der Waals surface area (Å²) in [5.74, 6) is 0.554. The zero-order valence-electron chi connectivity index (χ0n) is 12.9. The predicted octanol–water partition coefficient (Wildman–Crippen LogP) is 2.71. The maximum atomic E-state index is 12.2. The molecule has 22 heavy (non-hydrogen) atoms. The van der Waals surface area contributed by atoms with E-state index in [-0.39, 0.29) is 12.5 Å². The zero-order chi connectivity index (χ0) is 16.2. The average Bonchev–Trinajstić information content (AvgIpc) is 2.96.